The molecule has 134 valence electrons. The predicted molar refractivity (Wildman–Crippen MR) is 99.9 cm³/mol. The van der Waals surface area contributed by atoms with Crippen LogP contribution in [-0.2, 0) is 0 Å². The first-order valence-electron chi connectivity index (χ1n) is 9.45. The molecule has 2 unspecified atom stereocenters. The Labute approximate surface area is 145 Å². The highest BCUT2D eigenvalue weighted by Crippen LogP contribution is 2.42. The van der Waals surface area contributed by atoms with Gasteiger partial charge in [0.25, 0.3) is 0 Å². The minimum atomic E-state index is 0. The first-order chi connectivity index (χ1) is 10.2. The molecule has 0 heterocycles. The number of aliphatic hydroxyl groups is 1. The lowest BCUT2D eigenvalue weighted by Gasteiger charge is -2.49. The lowest BCUT2D eigenvalue weighted by atomic mass is 9.68. The summed E-state index contributed by atoms with van der Waals surface area (Å²) in [6, 6.07) is 0. The van der Waals surface area contributed by atoms with Gasteiger partial charge in [-0.2, -0.15) is 0 Å². The molecule has 0 amide bonds. The van der Waals surface area contributed by atoms with Gasteiger partial charge < -0.3 is 10.0 Å². The van der Waals surface area contributed by atoms with Crippen LogP contribution in [0.15, 0.2) is 0 Å². The molecule has 1 N–H and O–H groups in total. The van der Waals surface area contributed by atoms with Crippen molar-refractivity contribution in [3.8, 4) is 0 Å². The van der Waals surface area contributed by atoms with Crippen molar-refractivity contribution in [3.05, 3.63) is 0 Å². The van der Waals surface area contributed by atoms with E-state index >= 15 is 0 Å². The first-order valence-corrected chi connectivity index (χ1v) is 9.45. The van der Waals surface area contributed by atoms with Crippen LogP contribution in [0.2, 0.25) is 0 Å². The molecule has 3 heteroatoms. The monoisotopic (exact) mass is 333 g/mol. The van der Waals surface area contributed by atoms with Crippen LogP contribution < -0.4 is 0 Å². The molecule has 1 aliphatic carbocycles. The molecule has 0 aromatic heterocycles. The number of rotatable bonds is 11. The zero-order valence-corrected chi connectivity index (χ0v) is 16.1. The Bertz CT molecular complexity index is 256. The summed E-state index contributed by atoms with van der Waals surface area (Å²) in [4.78, 5) is 2.42. The minimum absolute atomic E-state index is 0. The van der Waals surface area contributed by atoms with Gasteiger partial charge in [0, 0.05) is 12.1 Å². The molecule has 0 aliphatic heterocycles. The van der Waals surface area contributed by atoms with E-state index in [-0.39, 0.29) is 17.9 Å². The average molecular weight is 334 g/mol. The van der Waals surface area contributed by atoms with Crippen molar-refractivity contribution in [2.24, 2.45) is 5.92 Å². The largest absolute Gasteiger partial charge is 0.396 e. The Kier molecular flexibility index (Phi) is 12.7. The van der Waals surface area contributed by atoms with E-state index in [2.05, 4.69) is 25.9 Å². The third kappa shape index (κ3) is 6.76. The molecule has 0 saturated heterocycles. The second-order valence-corrected chi connectivity index (χ2v) is 7.32. The maximum absolute atomic E-state index is 9.52. The molecule has 0 aromatic rings. The molecule has 1 aliphatic rings. The molecule has 1 rings (SSSR count). The molecule has 1 saturated carbocycles. The lowest BCUT2D eigenvalue weighted by Crippen LogP contribution is -2.52. The number of unbranched alkanes of at least 4 members (excludes halogenated alkanes) is 6. The summed E-state index contributed by atoms with van der Waals surface area (Å²) in [5.74, 6) is 0.795. The van der Waals surface area contributed by atoms with Gasteiger partial charge in [0.1, 0.15) is 0 Å². The summed E-state index contributed by atoms with van der Waals surface area (Å²) in [7, 11) is 4.44. The van der Waals surface area contributed by atoms with Gasteiger partial charge in [-0.3, -0.25) is 0 Å². The summed E-state index contributed by atoms with van der Waals surface area (Å²) in [5, 5.41) is 9.52. The van der Waals surface area contributed by atoms with E-state index in [0.717, 1.165) is 12.3 Å². The maximum Gasteiger partial charge on any atom is 0.0448 e. The van der Waals surface area contributed by atoms with E-state index in [4.69, 9.17) is 0 Å². The van der Waals surface area contributed by atoms with Crippen molar-refractivity contribution in [1.82, 2.24) is 4.90 Å². The van der Waals surface area contributed by atoms with E-state index in [1.54, 1.807) is 0 Å². The average Bonchev–Trinajstić information content (AvgIpc) is 2.48. The van der Waals surface area contributed by atoms with Crippen molar-refractivity contribution in [3.63, 3.8) is 0 Å². The smallest absolute Gasteiger partial charge is 0.0448 e. The van der Waals surface area contributed by atoms with E-state index < -0.39 is 0 Å². The molecule has 0 radical (unpaired) electrons. The molecule has 2 nitrogen and oxygen atoms in total. The van der Waals surface area contributed by atoms with Gasteiger partial charge >= 0.3 is 0 Å². The Morgan fingerprint density at radius 3 is 2.23 bits per heavy atom. The Morgan fingerprint density at radius 2 is 1.64 bits per heavy atom. The second-order valence-electron chi connectivity index (χ2n) is 7.32. The number of nitrogens with zero attached hydrogens (tertiary/aromatic N) is 1. The SMILES string of the molecule is CCCCCCCCCC1CCCCC1(CCO)N(C)C.Cl. The summed E-state index contributed by atoms with van der Waals surface area (Å²) in [6.07, 6.45) is 17.5. The maximum atomic E-state index is 9.52. The van der Waals surface area contributed by atoms with Crippen LogP contribution in [0.4, 0.5) is 0 Å². The number of hydrogen-bond donors (Lipinski definition) is 1. The molecular weight excluding hydrogens is 294 g/mol. The number of hydrogen-bond acceptors (Lipinski definition) is 2. The van der Waals surface area contributed by atoms with E-state index in [9.17, 15) is 5.11 Å². The summed E-state index contributed by atoms with van der Waals surface area (Å²) >= 11 is 0. The zero-order valence-electron chi connectivity index (χ0n) is 15.3. The molecule has 0 aromatic carbocycles. The van der Waals surface area contributed by atoms with Crippen molar-refractivity contribution in [2.75, 3.05) is 20.7 Å². The van der Waals surface area contributed by atoms with Gasteiger partial charge in [0.2, 0.25) is 0 Å². The second kappa shape index (κ2) is 12.6. The number of halogens is 1. The van der Waals surface area contributed by atoms with Crippen LogP contribution in [0.3, 0.4) is 0 Å². The van der Waals surface area contributed by atoms with E-state index in [1.165, 1.54) is 77.0 Å². The topological polar surface area (TPSA) is 23.5 Å². The van der Waals surface area contributed by atoms with Crippen LogP contribution >= 0.6 is 12.4 Å². The third-order valence-corrected chi connectivity index (χ3v) is 5.76. The predicted octanol–water partition coefficient (Wildman–Crippen LogP) is 5.42. The Hall–Kier alpha value is 0.210. The van der Waals surface area contributed by atoms with Crippen LogP contribution in [0.1, 0.15) is 90.4 Å². The Balaban J connectivity index is 0.00000441. The minimum Gasteiger partial charge on any atom is -0.396 e. The van der Waals surface area contributed by atoms with Gasteiger partial charge in [-0.25, -0.2) is 0 Å². The fraction of sp³-hybridized carbons (Fsp3) is 1.00. The lowest BCUT2D eigenvalue weighted by molar-refractivity contribution is 0.00949. The molecule has 2 atom stereocenters. The van der Waals surface area contributed by atoms with Crippen LogP contribution in [-0.4, -0.2) is 36.2 Å². The Morgan fingerprint density at radius 1 is 1.00 bits per heavy atom. The van der Waals surface area contributed by atoms with Crippen LogP contribution in [0, 0.1) is 5.92 Å². The number of aliphatic hydroxyl groups excluding tert-OH is 1. The van der Waals surface area contributed by atoms with Crippen LogP contribution in [0.5, 0.6) is 0 Å². The summed E-state index contributed by atoms with van der Waals surface area (Å²) < 4.78 is 0. The summed E-state index contributed by atoms with van der Waals surface area (Å²) in [5.41, 5.74) is 0.273. The third-order valence-electron chi connectivity index (χ3n) is 5.76. The van der Waals surface area contributed by atoms with Crippen molar-refractivity contribution in [1.29, 1.82) is 0 Å². The van der Waals surface area contributed by atoms with E-state index in [0.29, 0.717) is 6.61 Å². The van der Waals surface area contributed by atoms with Crippen LogP contribution in [0.25, 0.3) is 0 Å². The summed E-state index contributed by atoms with van der Waals surface area (Å²) in [6.45, 7) is 2.62. The first kappa shape index (κ1) is 22.2. The quantitative estimate of drug-likeness (QED) is 0.510. The van der Waals surface area contributed by atoms with E-state index in [1.807, 2.05) is 0 Å². The fourth-order valence-electron chi connectivity index (χ4n) is 4.39. The van der Waals surface area contributed by atoms with Gasteiger partial charge in [-0.1, -0.05) is 64.7 Å². The highest BCUT2D eigenvalue weighted by molar-refractivity contribution is 5.85. The van der Waals surface area contributed by atoms with Crippen molar-refractivity contribution >= 4 is 12.4 Å². The van der Waals surface area contributed by atoms with Gasteiger partial charge in [-0.05, 0) is 45.7 Å². The molecule has 0 spiro atoms. The standard InChI is InChI=1S/C19H39NO.ClH/c1-4-5-6-7-8-9-10-13-18-14-11-12-15-19(18,16-17-21)20(2)3;/h18,21H,4-17H2,1-3H3;1H. The zero-order chi connectivity index (χ0) is 15.6. The molecule has 22 heavy (non-hydrogen) atoms. The van der Waals surface area contributed by atoms with Gasteiger partial charge in [0.05, 0.1) is 0 Å². The highest BCUT2D eigenvalue weighted by atomic mass is 35.5. The molecule has 0 bridgehead atoms. The van der Waals surface area contributed by atoms with Crippen molar-refractivity contribution < 1.29 is 5.11 Å². The molecule has 1 fully saturated rings. The van der Waals surface area contributed by atoms with Gasteiger partial charge in [-0.15, -0.1) is 12.4 Å². The van der Waals surface area contributed by atoms with Gasteiger partial charge in [0.15, 0.2) is 0 Å². The normalized spacial score (nSPS) is 25.2. The fourth-order valence-corrected chi connectivity index (χ4v) is 4.39. The highest BCUT2D eigenvalue weighted by Gasteiger charge is 2.41. The molecular formula is C19H40ClNO. The van der Waals surface area contributed by atoms with Crippen molar-refractivity contribution in [2.45, 2.75) is 95.9 Å².